The van der Waals surface area contributed by atoms with E-state index in [1.165, 1.54) is 12.1 Å². The molecule has 0 aromatic heterocycles. The third-order valence-electron chi connectivity index (χ3n) is 3.75. The number of hydrogen-bond donors (Lipinski definition) is 3. The van der Waals surface area contributed by atoms with Gasteiger partial charge in [-0.3, -0.25) is 9.59 Å². The highest BCUT2D eigenvalue weighted by Gasteiger charge is 2.26. The molecule has 0 saturated carbocycles. The van der Waals surface area contributed by atoms with Gasteiger partial charge in [0.25, 0.3) is 0 Å². The van der Waals surface area contributed by atoms with Gasteiger partial charge in [-0.1, -0.05) is 26.8 Å². The Kier molecular flexibility index (Phi) is 7.44. The summed E-state index contributed by atoms with van der Waals surface area (Å²) in [5.74, 6) is -1.51. The summed E-state index contributed by atoms with van der Waals surface area (Å²) in [4.78, 5) is 24.0. The van der Waals surface area contributed by atoms with E-state index >= 15 is 0 Å². The van der Waals surface area contributed by atoms with Crippen LogP contribution in [-0.2, 0) is 25.5 Å². The van der Waals surface area contributed by atoms with E-state index < -0.39 is 24.2 Å². The van der Waals surface area contributed by atoms with Crippen LogP contribution in [0.5, 0.6) is 11.5 Å². The van der Waals surface area contributed by atoms with Crippen molar-refractivity contribution in [2.45, 2.75) is 65.7 Å². The molecule has 1 aromatic rings. The first-order valence-electron chi connectivity index (χ1n) is 8.55. The first kappa shape index (κ1) is 21.8. The molecule has 1 aromatic carbocycles. The molecule has 0 fully saturated rings. The molecule has 1 rings (SSSR count). The number of ether oxygens (including phenoxy) is 2. The summed E-state index contributed by atoms with van der Waals surface area (Å²) in [5, 5.41) is 18.8. The summed E-state index contributed by atoms with van der Waals surface area (Å²) < 4.78 is 10.6. The second-order valence-corrected chi connectivity index (χ2v) is 7.71. The predicted molar refractivity (Wildman–Crippen MR) is 96.6 cm³/mol. The molecule has 0 aliphatic rings. The van der Waals surface area contributed by atoms with Crippen LogP contribution >= 0.6 is 0 Å². The topological polar surface area (TPSA) is 119 Å². The lowest BCUT2D eigenvalue weighted by molar-refractivity contribution is -0.167. The zero-order valence-electron chi connectivity index (χ0n) is 16.0. The molecule has 7 nitrogen and oxygen atoms in total. The number of hydrogen-bond acceptors (Lipinski definition) is 7. The number of aromatic hydroxyl groups is 2. The maximum absolute atomic E-state index is 12.1. The second kappa shape index (κ2) is 8.89. The van der Waals surface area contributed by atoms with E-state index in [4.69, 9.17) is 15.2 Å². The van der Waals surface area contributed by atoms with Crippen molar-refractivity contribution in [2.75, 3.05) is 0 Å². The smallest absolute Gasteiger partial charge is 0.323 e. The Bertz CT molecular complexity index is 637. The van der Waals surface area contributed by atoms with E-state index in [0.29, 0.717) is 5.56 Å². The lowest BCUT2D eigenvalue weighted by Crippen LogP contribution is -2.39. The molecule has 0 bridgehead atoms. The Morgan fingerprint density at radius 2 is 1.65 bits per heavy atom. The van der Waals surface area contributed by atoms with Gasteiger partial charge in [-0.25, -0.2) is 0 Å². The van der Waals surface area contributed by atoms with Crippen molar-refractivity contribution in [3.63, 3.8) is 0 Å². The summed E-state index contributed by atoms with van der Waals surface area (Å²) in [7, 11) is 0. The largest absolute Gasteiger partial charge is 0.504 e. The zero-order valence-corrected chi connectivity index (χ0v) is 16.0. The van der Waals surface area contributed by atoms with Gasteiger partial charge in [-0.15, -0.1) is 0 Å². The van der Waals surface area contributed by atoms with Crippen LogP contribution in [0.4, 0.5) is 0 Å². The van der Waals surface area contributed by atoms with Gasteiger partial charge in [-0.2, -0.15) is 0 Å². The highest BCUT2D eigenvalue weighted by atomic mass is 16.6. The van der Waals surface area contributed by atoms with Gasteiger partial charge in [0, 0.05) is 0 Å². The summed E-state index contributed by atoms with van der Waals surface area (Å²) in [6, 6.07) is 3.27. The SMILES string of the molecule is CC(OC(=O)CC(C)(C)C)[C@@H](C)OC(=O)[C@@H](N)Cc1ccc(O)c(O)c1. The van der Waals surface area contributed by atoms with Crippen LogP contribution in [0.3, 0.4) is 0 Å². The van der Waals surface area contributed by atoms with E-state index in [-0.39, 0.29) is 35.7 Å². The fourth-order valence-electron chi connectivity index (χ4n) is 2.18. The molecule has 26 heavy (non-hydrogen) atoms. The minimum Gasteiger partial charge on any atom is -0.504 e. The number of rotatable bonds is 7. The number of carbonyl (C=O) groups is 2. The van der Waals surface area contributed by atoms with Crippen LogP contribution in [0.15, 0.2) is 18.2 Å². The Morgan fingerprint density at radius 3 is 2.19 bits per heavy atom. The highest BCUT2D eigenvalue weighted by Crippen LogP contribution is 2.25. The fourth-order valence-corrected chi connectivity index (χ4v) is 2.18. The number of phenols is 2. The monoisotopic (exact) mass is 367 g/mol. The van der Waals surface area contributed by atoms with Crippen molar-refractivity contribution in [3.8, 4) is 11.5 Å². The first-order valence-corrected chi connectivity index (χ1v) is 8.55. The fraction of sp³-hybridized carbons (Fsp3) is 0.579. The van der Waals surface area contributed by atoms with Crippen molar-refractivity contribution in [2.24, 2.45) is 11.1 Å². The first-order chi connectivity index (χ1) is 11.9. The van der Waals surface area contributed by atoms with Gasteiger partial charge in [-0.05, 0) is 43.4 Å². The van der Waals surface area contributed by atoms with Crippen LogP contribution in [0.1, 0.15) is 46.6 Å². The molecule has 3 atom stereocenters. The number of nitrogens with two attached hydrogens (primary N) is 1. The van der Waals surface area contributed by atoms with E-state index in [1.807, 2.05) is 20.8 Å². The average molecular weight is 367 g/mol. The van der Waals surface area contributed by atoms with Crippen LogP contribution in [0, 0.1) is 5.41 Å². The second-order valence-electron chi connectivity index (χ2n) is 7.71. The van der Waals surface area contributed by atoms with Crippen LogP contribution in [0.2, 0.25) is 0 Å². The summed E-state index contributed by atoms with van der Waals surface area (Å²) in [6.07, 6.45) is -0.844. The minimum absolute atomic E-state index is 0.136. The van der Waals surface area contributed by atoms with Gasteiger partial charge in [0.05, 0.1) is 6.42 Å². The maximum Gasteiger partial charge on any atom is 0.323 e. The van der Waals surface area contributed by atoms with Gasteiger partial charge in [0.2, 0.25) is 0 Å². The lowest BCUT2D eigenvalue weighted by Gasteiger charge is -2.24. The number of benzene rings is 1. The lowest BCUT2D eigenvalue weighted by atomic mass is 9.92. The zero-order chi connectivity index (χ0) is 20.1. The van der Waals surface area contributed by atoms with E-state index in [1.54, 1.807) is 19.9 Å². The summed E-state index contributed by atoms with van der Waals surface area (Å²) >= 11 is 0. The van der Waals surface area contributed by atoms with Crippen molar-refractivity contribution >= 4 is 11.9 Å². The molecular formula is C19H29NO6. The highest BCUT2D eigenvalue weighted by molar-refractivity contribution is 5.76. The average Bonchev–Trinajstić information content (AvgIpc) is 2.48. The molecule has 0 aliphatic carbocycles. The van der Waals surface area contributed by atoms with E-state index in [2.05, 4.69) is 0 Å². The van der Waals surface area contributed by atoms with Crippen molar-refractivity contribution in [1.29, 1.82) is 0 Å². The van der Waals surface area contributed by atoms with Gasteiger partial charge < -0.3 is 25.4 Å². The van der Waals surface area contributed by atoms with Crippen molar-refractivity contribution in [1.82, 2.24) is 0 Å². The summed E-state index contributed by atoms with van der Waals surface area (Å²) in [5.41, 5.74) is 6.24. The summed E-state index contributed by atoms with van der Waals surface area (Å²) in [6.45, 7) is 9.08. The van der Waals surface area contributed by atoms with Gasteiger partial charge in [0.15, 0.2) is 11.5 Å². The minimum atomic E-state index is -0.945. The molecule has 4 N–H and O–H groups in total. The molecule has 0 radical (unpaired) electrons. The van der Waals surface area contributed by atoms with Crippen LogP contribution < -0.4 is 5.73 Å². The number of phenolic OH excluding ortho intramolecular Hbond substituents is 2. The Morgan fingerprint density at radius 1 is 1.08 bits per heavy atom. The molecule has 0 saturated heterocycles. The van der Waals surface area contributed by atoms with Gasteiger partial charge >= 0.3 is 11.9 Å². The molecular weight excluding hydrogens is 338 g/mol. The molecule has 0 amide bonds. The molecule has 0 spiro atoms. The Labute approximate surface area is 154 Å². The Hall–Kier alpha value is -2.28. The predicted octanol–water partition coefficient (Wildman–Crippen LogP) is 2.27. The van der Waals surface area contributed by atoms with Gasteiger partial charge in [0.1, 0.15) is 18.2 Å². The standard InChI is InChI=1S/C19H29NO6/c1-11(25-17(23)10-19(3,4)5)12(2)26-18(24)14(20)8-13-6-7-15(21)16(22)9-13/h6-7,9,11-12,14,21-22H,8,10,20H2,1-5H3/t11?,12-,14+/m1/s1. The molecule has 0 heterocycles. The molecule has 146 valence electrons. The Balaban J connectivity index is 2.54. The van der Waals surface area contributed by atoms with Crippen LogP contribution in [-0.4, -0.2) is 40.4 Å². The van der Waals surface area contributed by atoms with Crippen molar-refractivity contribution in [3.05, 3.63) is 23.8 Å². The maximum atomic E-state index is 12.1. The molecule has 1 unspecified atom stereocenters. The third kappa shape index (κ3) is 7.31. The normalized spacial score (nSPS) is 15.0. The van der Waals surface area contributed by atoms with E-state index in [0.717, 1.165) is 0 Å². The van der Waals surface area contributed by atoms with E-state index in [9.17, 15) is 19.8 Å². The number of esters is 2. The molecule has 7 heteroatoms. The van der Waals surface area contributed by atoms with Crippen LogP contribution in [0.25, 0.3) is 0 Å². The van der Waals surface area contributed by atoms with Crippen molar-refractivity contribution < 1.29 is 29.3 Å². The third-order valence-corrected chi connectivity index (χ3v) is 3.75. The quantitative estimate of drug-likeness (QED) is 0.499. The molecule has 0 aliphatic heterocycles. The number of carbonyl (C=O) groups excluding carboxylic acids is 2.